The van der Waals surface area contributed by atoms with Gasteiger partial charge in [0.2, 0.25) is 0 Å². The van der Waals surface area contributed by atoms with E-state index in [0.29, 0.717) is 17.7 Å². The van der Waals surface area contributed by atoms with E-state index in [9.17, 15) is 4.39 Å². The second-order valence-corrected chi connectivity index (χ2v) is 5.69. The van der Waals surface area contributed by atoms with Gasteiger partial charge in [-0.15, -0.1) is 0 Å². The van der Waals surface area contributed by atoms with Crippen molar-refractivity contribution in [2.24, 2.45) is 0 Å². The number of aliphatic hydroxyl groups is 1. The third kappa shape index (κ3) is 3.44. The minimum absolute atomic E-state index is 0.209. The Labute approximate surface area is 124 Å². The standard InChI is InChI=1S/C17H20FNO2/c18-15-10-13(3-2-7-20)9-14(11-15)12-19-6-8-21-17-5-1-4-16(17)19/h9-11,16-17,20H,1,4-8,12H2. The molecule has 2 fully saturated rings. The van der Waals surface area contributed by atoms with Crippen LogP contribution in [0.3, 0.4) is 0 Å². The smallest absolute Gasteiger partial charge is 0.124 e. The summed E-state index contributed by atoms with van der Waals surface area (Å²) in [4.78, 5) is 2.40. The monoisotopic (exact) mass is 289 g/mol. The van der Waals surface area contributed by atoms with Crippen LogP contribution in [0.25, 0.3) is 0 Å². The number of rotatable bonds is 2. The summed E-state index contributed by atoms with van der Waals surface area (Å²) in [6.45, 7) is 2.18. The Balaban J connectivity index is 1.76. The number of aliphatic hydroxyl groups excluding tert-OH is 1. The van der Waals surface area contributed by atoms with E-state index in [4.69, 9.17) is 9.84 Å². The molecule has 2 atom stereocenters. The zero-order chi connectivity index (χ0) is 14.7. The lowest BCUT2D eigenvalue weighted by molar-refractivity contribution is -0.0588. The van der Waals surface area contributed by atoms with Crippen LogP contribution < -0.4 is 0 Å². The molecule has 1 heterocycles. The van der Waals surface area contributed by atoms with Gasteiger partial charge in [-0.1, -0.05) is 11.8 Å². The summed E-state index contributed by atoms with van der Waals surface area (Å²) in [5.74, 6) is 5.07. The SMILES string of the molecule is OCC#Cc1cc(F)cc(CN2CCOC3CCCC32)c1. The lowest BCUT2D eigenvalue weighted by Gasteiger charge is -2.37. The van der Waals surface area contributed by atoms with Crippen molar-refractivity contribution in [1.29, 1.82) is 0 Å². The molecule has 1 aliphatic heterocycles. The van der Waals surface area contributed by atoms with Crippen molar-refractivity contribution in [2.45, 2.75) is 38.0 Å². The Morgan fingerprint density at radius 1 is 1.33 bits per heavy atom. The summed E-state index contributed by atoms with van der Waals surface area (Å²) in [5.41, 5.74) is 1.56. The topological polar surface area (TPSA) is 32.7 Å². The van der Waals surface area contributed by atoms with E-state index in [1.54, 1.807) is 6.07 Å². The molecule has 0 bridgehead atoms. The molecular formula is C17H20FNO2. The number of hydrogen-bond acceptors (Lipinski definition) is 3. The lowest BCUT2D eigenvalue weighted by Crippen LogP contribution is -2.47. The highest BCUT2D eigenvalue weighted by atomic mass is 19.1. The molecule has 112 valence electrons. The molecule has 1 aliphatic carbocycles. The Kier molecular flexibility index (Phi) is 4.54. The molecule has 0 spiro atoms. The molecule has 3 nitrogen and oxygen atoms in total. The highest BCUT2D eigenvalue weighted by Gasteiger charge is 2.35. The fraction of sp³-hybridized carbons (Fsp3) is 0.529. The van der Waals surface area contributed by atoms with E-state index in [-0.39, 0.29) is 12.4 Å². The second kappa shape index (κ2) is 6.57. The van der Waals surface area contributed by atoms with Crippen molar-refractivity contribution < 1.29 is 14.2 Å². The van der Waals surface area contributed by atoms with Crippen LogP contribution in [0.2, 0.25) is 0 Å². The van der Waals surface area contributed by atoms with Crippen LogP contribution in [0.15, 0.2) is 18.2 Å². The molecule has 0 aromatic heterocycles. The molecule has 0 amide bonds. The summed E-state index contributed by atoms with van der Waals surface area (Å²) in [7, 11) is 0. The van der Waals surface area contributed by atoms with Crippen molar-refractivity contribution in [3.8, 4) is 11.8 Å². The van der Waals surface area contributed by atoms with Gasteiger partial charge in [0, 0.05) is 24.7 Å². The van der Waals surface area contributed by atoms with Gasteiger partial charge >= 0.3 is 0 Å². The highest BCUT2D eigenvalue weighted by Crippen LogP contribution is 2.30. The van der Waals surface area contributed by atoms with Crippen molar-refractivity contribution in [2.75, 3.05) is 19.8 Å². The van der Waals surface area contributed by atoms with Gasteiger partial charge in [-0.25, -0.2) is 4.39 Å². The van der Waals surface area contributed by atoms with Gasteiger partial charge in [-0.3, -0.25) is 4.90 Å². The van der Waals surface area contributed by atoms with Gasteiger partial charge in [0.05, 0.1) is 12.7 Å². The van der Waals surface area contributed by atoms with E-state index in [0.717, 1.165) is 38.1 Å². The van der Waals surface area contributed by atoms with Crippen LogP contribution in [-0.4, -0.2) is 41.9 Å². The molecule has 1 saturated heterocycles. The molecule has 1 saturated carbocycles. The van der Waals surface area contributed by atoms with Crippen molar-refractivity contribution in [3.63, 3.8) is 0 Å². The van der Waals surface area contributed by atoms with Crippen molar-refractivity contribution in [3.05, 3.63) is 35.1 Å². The van der Waals surface area contributed by atoms with Gasteiger partial charge < -0.3 is 9.84 Å². The molecule has 1 N–H and O–H groups in total. The van der Waals surface area contributed by atoms with E-state index < -0.39 is 0 Å². The number of hydrogen-bond donors (Lipinski definition) is 1. The third-order valence-corrected chi connectivity index (χ3v) is 4.25. The number of halogens is 1. The zero-order valence-corrected chi connectivity index (χ0v) is 12.0. The minimum atomic E-state index is -0.272. The maximum atomic E-state index is 13.7. The minimum Gasteiger partial charge on any atom is -0.384 e. The van der Waals surface area contributed by atoms with Crippen LogP contribution in [0.5, 0.6) is 0 Å². The predicted molar refractivity (Wildman–Crippen MR) is 78.2 cm³/mol. The number of fused-ring (bicyclic) bond motifs is 1. The van der Waals surface area contributed by atoms with Crippen LogP contribution in [0.4, 0.5) is 4.39 Å². The maximum absolute atomic E-state index is 13.7. The summed E-state index contributed by atoms with van der Waals surface area (Å²) >= 11 is 0. The summed E-state index contributed by atoms with van der Waals surface area (Å²) in [6, 6.07) is 5.35. The first-order valence-electron chi connectivity index (χ1n) is 7.51. The highest BCUT2D eigenvalue weighted by molar-refractivity contribution is 5.37. The summed E-state index contributed by atoms with van der Waals surface area (Å²) in [5, 5.41) is 8.74. The molecule has 2 unspecified atom stereocenters. The molecule has 0 radical (unpaired) electrons. The average Bonchev–Trinajstić information content (AvgIpc) is 2.94. The Bertz CT molecular complexity index is 564. The Hall–Kier alpha value is -1.41. The van der Waals surface area contributed by atoms with Gasteiger partial charge in [-0.2, -0.15) is 0 Å². The van der Waals surface area contributed by atoms with Gasteiger partial charge in [-0.05, 0) is 43.0 Å². The molecule has 1 aromatic carbocycles. The van der Waals surface area contributed by atoms with E-state index in [1.165, 1.54) is 12.5 Å². The fourth-order valence-corrected chi connectivity index (χ4v) is 3.39. The van der Waals surface area contributed by atoms with E-state index in [2.05, 4.69) is 16.7 Å². The summed E-state index contributed by atoms with van der Waals surface area (Å²) < 4.78 is 19.5. The van der Waals surface area contributed by atoms with Gasteiger partial charge in [0.15, 0.2) is 0 Å². The van der Waals surface area contributed by atoms with Crippen LogP contribution in [0, 0.1) is 17.7 Å². The second-order valence-electron chi connectivity index (χ2n) is 5.69. The predicted octanol–water partition coefficient (Wildman–Crippen LogP) is 1.92. The molecule has 2 aliphatic rings. The van der Waals surface area contributed by atoms with E-state index in [1.807, 2.05) is 6.07 Å². The first-order chi connectivity index (χ1) is 10.3. The molecular weight excluding hydrogens is 269 g/mol. The first kappa shape index (κ1) is 14.5. The van der Waals surface area contributed by atoms with Crippen molar-refractivity contribution in [1.82, 2.24) is 4.90 Å². The maximum Gasteiger partial charge on any atom is 0.124 e. The van der Waals surface area contributed by atoms with Gasteiger partial charge in [0.1, 0.15) is 12.4 Å². The third-order valence-electron chi connectivity index (χ3n) is 4.25. The van der Waals surface area contributed by atoms with Crippen LogP contribution in [0.1, 0.15) is 30.4 Å². The largest absolute Gasteiger partial charge is 0.384 e. The fourth-order valence-electron chi connectivity index (χ4n) is 3.39. The van der Waals surface area contributed by atoms with Crippen LogP contribution in [-0.2, 0) is 11.3 Å². The van der Waals surface area contributed by atoms with Crippen LogP contribution >= 0.6 is 0 Å². The molecule has 4 heteroatoms. The summed E-state index contributed by atoms with van der Waals surface area (Å²) in [6.07, 6.45) is 3.86. The van der Waals surface area contributed by atoms with E-state index >= 15 is 0 Å². The van der Waals surface area contributed by atoms with Crippen molar-refractivity contribution >= 4 is 0 Å². The Morgan fingerprint density at radius 3 is 3.10 bits per heavy atom. The number of benzene rings is 1. The molecule has 3 rings (SSSR count). The molecule has 21 heavy (non-hydrogen) atoms. The quantitative estimate of drug-likeness (QED) is 0.844. The number of nitrogens with zero attached hydrogens (tertiary/aromatic N) is 1. The number of ether oxygens (including phenoxy) is 1. The number of morpholine rings is 1. The normalized spacial score (nSPS) is 25.2. The first-order valence-corrected chi connectivity index (χ1v) is 7.51. The zero-order valence-electron chi connectivity index (χ0n) is 12.0. The van der Waals surface area contributed by atoms with Gasteiger partial charge in [0.25, 0.3) is 0 Å². The average molecular weight is 289 g/mol. The Morgan fingerprint density at radius 2 is 2.24 bits per heavy atom. The lowest BCUT2D eigenvalue weighted by atomic mass is 10.1. The molecule has 1 aromatic rings.